The van der Waals surface area contributed by atoms with Crippen LogP contribution in [0.25, 0.3) is 0 Å². The molecule has 1 saturated heterocycles. The molecule has 0 bridgehead atoms. The van der Waals surface area contributed by atoms with Crippen molar-refractivity contribution in [2.45, 2.75) is 19.9 Å². The summed E-state index contributed by atoms with van der Waals surface area (Å²) in [7, 11) is 1.86. The van der Waals surface area contributed by atoms with Gasteiger partial charge in [0.05, 0.1) is 18.4 Å². The number of anilines is 1. The third kappa shape index (κ3) is 5.33. The molecule has 2 aliphatic rings. The number of aromatic nitrogens is 2. The molecule has 4 heterocycles. The lowest BCUT2D eigenvalue weighted by Gasteiger charge is -2.35. The molecule has 0 unspecified atom stereocenters. The zero-order valence-corrected chi connectivity index (χ0v) is 20.7. The van der Waals surface area contributed by atoms with Gasteiger partial charge >= 0.3 is 0 Å². The highest BCUT2D eigenvalue weighted by Gasteiger charge is 2.27. The largest absolute Gasteiger partial charge is 0.357 e. The summed E-state index contributed by atoms with van der Waals surface area (Å²) in [6.07, 6.45) is 4.76. The van der Waals surface area contributed by atoms with Crippen LogP contribution in [0.15, 0.2) is 28.8 Å². The number of amides is 1. The Hall–Kier alpha value is -1.66. The summed E-state index contributed by atoms with van der Waals surface area (Å²) in [6, 6.07) is 2.24. The van der Waals surface area contributed by atoms with Crippen LogP contribution >= 0.6 is 35.3 Å². The third-order valence-corrected chi connectivity index (χ3v) is 6.45. The number of nitrogens with zero attached hydrogens (tertiary/aromatic N) is 6. The van der Waals surface area contributed by atoms with Crippen molar-refractivity contribution in [2.24, 2.45) is 12.0 Å². The first-order chi connectivity index (χ1) is 14.1. The molecular formula is C20H30IN7OS. The maximum atomic E-state index is 12.7. The summed E-state index contributed by atoms with van der Waals surface area (Å²) in [4.78, 5) is 25.4. The van der Waals surface area contributed by atoms with Gasteiger partial charge in [0.15, 0.2) is 5.96 Å². The third-order valence-electron chi connectivity index (χ3n) is 5.42. The van der Waals surface area contributed by atoms with Crippen molar-refractivity contribution in [1.29, 1.82) is 0 Å². The Morgan fingerprint density at radius 1 is 1.30 bits per heavy atom. The lowest BCUT2D eigenvalue weighted by Crippen LogP contribution is -2.55. The number of nitrogens with one attached hydrogen (secondary N) is 1. The van der Waals surface area contributed by atoms with Crippen molar-refractivity contribution in [1.82, 2.24) is 24.9 Å². The number of piperazine rings is 1. The maximum Gasteiger partial charge on any atom is 0.246 e. The van der Waals surface area contributed by atoms with Crippen LogP contribution in [0.4, 0.5) is 5.69 Å². The van der Waals surface area contributed by atoms with Gasteiger partial charge in [0.1, 0.15) is 6.54 Å². The Labute approximate surface area is 198 Å². The zero-order valence-electron chi connectivity index (χ0n) is 17.6. The highest BCUT2D eigenvalue weighted by atomic mass is 127. The number of rotatable bonds is 5. The molecule has 0 radical (unpaired) electrons. The van der Waals surface area contributed by atoms with E-state index in [0.29, 0.717) is 13.1 Å². The van der Waals surface area contributed by atoms with Gasteiger partial charge in [-0.05, 0) is 30.4 Å². The number of thiophene rings is 1. The molecule has 2 aromatic heterocycles. The van der Waals surface area contributed by atoms with Gasteiger partial charge in [0.25, 0.3) is 0 Å². The Morgan fingerprint density at radius 2 is 2.17 bits per heavy atom. The van der Waals surface area contributed by atoms with Gasteiger partial charge in [0, 0.05) is 57.4 Å². The van der Waals surface area contributed by atoms with Gasteiger partial charge in [-0.1, -0.05) is 0 Å². The van der Waals surface area contributed by atoms with Crippen molar-refractivity contribution in [3.8, 4) is 0 Å². The molecule has 0 atom stereocenters. The normalized spacial score (nSPS) is 17.7. The molecule has 164 valence electrons. The lowest BCUT2D eigenvalue weighted by molar-refractivity contribution is -0.120. The summed E-state index contributed by atoms with van der Waals surface area (Å²) in [6.45, 7) is 8.38. The molecule has 8 nitrogen and oxygen atoms in total. The van der Waals surface area contributed by atoms with Crippen LogP contribution < -0.4 is 10.2 Å². The van der Waals surface area contributed by atoms with E-state index >= 15 is 0 Å². The van der Waals surface area contributed by atoms with E-state index in [1.165, 1.54) is 10.4 Å². The van der Waals surface area contributed by atoms with Crippen LogP contribution in [0.2, 0.25) is 0 Å². The summed E-state index contributed by atoms with van der Waals surface area (Å²) < 4.78 is 1.72. The second-order valence-electron chi connectivity index (χ2n) is 7.47. The van der Waals surface area contributed by atoms with Crippen LogP contribution in [0.3, 0.4) is 0 Å². The lowest BCUT2D eigenvalue weighted by atomic mass is 10.1. The van der Waals surface area contributed by atoms with Gasteiger partial charge in [-0.25, -0.2) is 0 Å². The highest BCUT2D eigenvalue weighted by Crippen LogP contribution is 2.23. The molecule has 4 rings (SSSR count). The fourth-order valence-electron chi connectivity index (χ4n) is 3.90. The molecule has 30 heavy (non-hydrogen) atoms. The quantitative estimate of drug-likeness (QED) is 0.354. The average Bonchev–Trinajstić information content (AvgIpc) is 3.35. The van der Waals surface area contributed by atoms with Crippen LogP contribution in [0.1, 0.15) is 17.4 Å². The molecule has 0 spiro atoms. The second-order valence-corrected chi connectivity index (χ2v) is 8.47. The van der Waals surface area contributed by atoms with Crippen LogP contribution in [-0.4, -0.2) is 77.3 Å². The number of hydrogen-bond acceptors (Lipinski definition) is 5. The molecule has 0 aromatic carbocycles. The van der Waals surface area contributed by atoms with Gasteiger partial charge in [-0.2, -0.15) is 5.10 Å². The van der Waals surface area contributed by atoms with Gasteiger partial charge in [-0.3, -0.25) is 19.4 Å². The zero-order chi connectivity index (χ0) is 20.2. The molecule has 2 aromatic rings. The summed E-state index contributed by atoms with van der Waals surface area (Å²) >= 11 is 1.87. The number of hydrogen-bond donors (Lipinski definition) is 1. The first-order valence-electron chi connectivity index (χ1n) is 10.2. The predicted molar refractivity (Wildman–Crippen MR) is 132 cm³/mol. The smallest absolute Gasteiger partial charge is 0.246 e. The van der Waals surface area contributed by atoms with E-state index in [2.05, 4.69) is 38.6 Å². The molecular weight excluding hydrogens is 513 g/mol. The second kappa shape index (κ2) is 10.6. The van der Waals surface area contributed by atoms with E-state index in [0.717, 1.165) is 57.3 Å². The van der Waals surface area contributed by atoms with E-state index in [1.54, 1.807) is 15.8 Å². The van der Waals surface area contributed by atoms with Crippen molar-refractivity contribution in [2.75, 3.05) is 50.7 Å². The Morgan fingerprint density at radius 3 is 2.90 bits per heavy atom. The fourth-order valence-corrected chi connectivity index (χ4v) is 4.79. The fraction of sp³-hybridized carbons (Fsp3) is 0.550. The molecule has 0 saturated carbocycles. The number of carbonyl (C=O) groups excluding carboxylic acids is 1. The van der Waals surface area contributed by atoms with Crippen molar-refractivity contribution in [3.63, 3.8) is 0 Å². The highest BCUT2D eigenvalue weighted by molar-refractivity contribution is 14.0. The minimum atomic E-state index is 0. The minimum absolute atomic E-state index is 0. The molecule has 1 N–H and O–H groups in total. The van der Waals surface area contributed by atoms with Gasteiger partial charge in [-0.15, -0.1) is 35.3 Å². The number of fused-ring (bicyclic) bond motifs is 1. The Bertz CT molecular complexity index is 880. The number of aliphatic imine (C=N–C) groups is 1. The van der Waals surface area contributed by atoms with Crippen LogP contribution in [0, 0.1) is 0 Å². The van der Waals surface area contributed by atoms with Crippen LogP contribution in [-0.2, 0) is 24.8 Å². The molecule has 10 heteroatoms. The number of guanidine groups is 1. The summed E-state index contributed by atoms with van der Waals surface area (Å²) in [5, 5.41) is 9.72. The number of carbonyl (C=O) groups is 1. The number of halogens is 1. The average molecular weight is 543 g/mol. The molecule has 1 fully saturated rings. The standard InChI is InChI=1S/C20H29N7OS.HI/c1-3-21-20(22-6-8-25-7-4-18-16(13-25)5-11-29-18)26-9-10-27(19(28)15-26)17-12-23-24(2)14-17;/h5,11-12,14H,3-4,6-10,13,15H2,1-2H3,(H,21,22);1H. The maximum absolute atomic E-state index is 12.7. The summed E-state index contributed by atoms with van der Waals surface area (Å²) in [5.74, 6) is 0.913. The molecule has 0 aliphatic carbocycles. The molecule has 1 amide bonds. The van der Waals surface area contributed by atoms with E-state index in [-0.39, 0.29) is 29.9 Å². The van der Waals surface area contributed by atoms with Crippen LogP contribution in [0.5, 0.6) is 0 Å². The monoisotopic (exact) mass is 543 g/mol. The first-order valence-corrected chi connectivity index (χ1v) is 11.1. The molecule has 2 aliphatic heterocycles. The number of aryl methyl sites for hydroxylation is 1. The van der Waals surface area contributed by atoms with Crippen molar-refractivity contribution in [3.05, 3.63) is 34.3 Å². The predicted octanol–water partition coefficient (Wildman–Crippen LogP) is 1.77. The van der Waals surface area contributed by atoms with Crippen molar-refractivity contribution < 1.29 is 4.79 Å². The minimum Gasteiger partial charge on any atom is -0.357 e. The van der Waals surface area contributed by atoms with E-state index in [4.69, 9.17) is 4.99 Å². The van der Waals surface area contributed by atoms with Gasteiger partial charge in [0.2, 0.25) is 5.91 Å². The Kier molecular flexibility index (Phi) is 8.12. The SMILES string of the molecule is CCNC(=NCCN1CCc2sccc2C1)N1CCN(c2cnn(C)c2)C(=O)C1.I. The van der Waals surface area contributed by atoms with E-state index in [9.17, 15) is 4.79 Å². The first kappa shape index (κ1) is 23.0. The summed E-state index contributed by atoms with van der Waals surface area (Å²) in [5.41, 5.74) is 2.33. The van der Waals surface area contributed by atoms with E-state index < -0.39 is 0 Å². The van der Waals surface area contributed by atoms with Gasteiger partial charge < -0.3 is 15.1 Å². The van der Waals surface area contributed by atoms with E-state index in [1.807, 2.05) is 24.6 Å². The van der Waals surface area contributed by atoms with Crippen molar-refractivity contribution >= 4 is 52.9 Å². The Balaban J connectivity index is 0.00000256. The topological polar surface area (TPSA) is 69.0 Å².